The Kier molecular flexibility index (Phi) is 7.77. The molecule has 136 valence electrons. The van der Waals surface area contributed by atoms with E-state index in [0.29, 0.717) is 17.9 Å². The van der Waals surface area contributed by atoms with Crippen LogP contribution in [0.5, 0.6) is 0 Å². The Balaban J connectivity index is 1.60. The fourth-order valence-electron chi connectivity index (χ4n) is 3.97. The monoisotopic (exact) mass is 327 g/mol. The highest BCUT2D eigenvalue weighted by Gasteiger charge is 2.27. The minimum Gasteiger partial charge on any atom is -0.302 e. The zero-order valence-electron chi connectivity index (χ0n) is 15.8. The summed E-state index contributed by atoms with van der Waals surface area (Å²) in [5.74, 6) is 0.788. The van der Waals surface area contributed by atoms with E-state index in [1.165, 1.54) is 32.7 Å². The first-order valence-corrected chi connectivity index (χ1v) is 9.78. The summed E-state index contributed by atoms with van der Waals surface area (Å²) in [6, 6.07) is 0.677. The average Bonchev–Trinajstić information content (AvgIpc) is 2.53. The van der Waals surface area contributed by atoms with E-state index in [1.807, 2.05) is 0 Å². The van der Waals surface area contributed by atoms with Gasteiger partial charge in [0.05, 0.1) is 0 Å². The largest absolute Gasteiger partial charge is 0.302 e. The lowest BCUT2D eigenvalue weighted by molar-refractivity contribution is 0.0786. The van der Waals surface area contributed by atoms with E-state index in [1.54, 1.807) is 0 Å². The van der Waals surface area contributed by atoms with Gasteiger partial charge >= 0.3 is 0 Å². The first-order valence-electron chi connectivity index (χ1n) is 9.78. The van der Waals surface area contributed by atoms with Crippen molar-refractivity contribution >= 4 is 0 Å². The second kappa shape index (κ2) is 9.33. The van der Waals surface area contributed by atoms with E-state index in [2.05, 4.69) is 42.4 Å². The highest BCUT2D eigenvalue weighted by molar-refractivity contribution is 4.80. The van der Waals surface area contributed by atoms with Crippen LogP contribution in [-0.2, 0) is 0 Å². The molecule has 0 aromatic rings. The fraction of sp³-hybridized carbons (Fsp3) is 1.00. The number of halogens is 1. The lowest BCUT2D eigenvalue weighted by Crippen LogP contribution is -2.50. The summed E-state index contributed by atoms with van der Waals surface area (Å²) in [5.41, 5.74) is 0. The molecular weight excluding hydrogens is 289 g/mol. The number of likely N-dealkylation sites (tertiary alicyclic amines) is 1. The highest BCUT2D eigenvalue weighted by Crippen LogP contribution is 2.26. The van der Waals surface area contributed by atoms with Gasteiger partial charge in [-0.15, -0.1) is 0 Å². The Morgan fingerprint density at radius 3 is 1.83 bits per heavy atom. The molecule has 4 heteroatoms. The molecule has 1 atom stereocenters. The molecule has 0 unspecified atom stereocenters. The van der Waals surface area contributed by atoms with E-state index < -0.39 is 6.17 Å². The molecule has 0 aromatic heterocycles. The zero-order valence-corrected chi connectivity index (χ0v) is 15.8. The van der Waals surface area contributed by atoms with Crippen LogP contribution >= 0.6 is 0 Å². The van der Waals surface area contributed by atoms with Gasteiger partial charge in [0.2, 0.25) is 0 Å². The van der Waals surface area contributed by atoms with Gasteiger partial charge < -0.3 is 4.90 Å². The summed E-state index contributed by atoms with van der Waals surface area (Å²) in [6.45, 7) is 18.2. The molecule has 0 aromatic carbocycles. The maximum absolute atomic E-state index is 14.2. The first-order chi connectivity index (χ1) is 11.0. The molecule has 2 aliphatic rings. The summed E-state index contributed by atoms with van der Waals surface area (Å²) < 4.78 is 14.2. The molecule has 2 saturated heterocycles. The van der Waals surface area contributed by atoms with Crippen LogP contribution < -0.4 is 0 Å². The number of alkyl halides is 1. The Morgan fingerprint density at radius 1 is 0.826 bits per heavy atom. The van der Waals surface area contributed by atoms with Crippen molar-refractivity contribution in [3.8, 4) is 0 Å². The van der Waals surface area contributed by atoms with Gasteiger partial charge in [-0.3, -0.25) is 9.80 Å². The molecule has 0 radical (unpaired) electrons. The van der Waals surface area contributed by atoms with Crippen molar-refractivity contribution < 1.29 is 4.39 Å². The van der Waals surface area contributed by atoms with E-state index >= 15 is 0 Å². The summed E-state index contributed by atoms with van der Waals surface area (Å²) >= 11 is 0. The van der Waals surface area contributed by atoms with Crippen LogP contribution in [0.3, 0.4) is 0 Å². The first kappa shape index (κ1) is 19.1. The number of hydrogen-bond acceptors (Lipinski definition) is 3. The number of rotatable bonds is 7. The van der Waals surface area contributed by atoms with Crippen LogP contribution in [0.1, 0.15) is 47.0 Å². The smallest absolute Gasteiger partial charge is 0.103 e. The summed E-state index contributed by atoms with van der Waals surface area (Å²) in [4.78, 5) is 7.72. The standard InChI is InChI=1S/C19H38FN3/c1-16(2)15-19(20)18-5-7-21(8-6-18)9-10-22-11-13-23(14-12-22)17(3)4/h16-19H,5-15H2,1-4H3/t19-/m1/s1. The molecule has 0 bridgehead atoms. The third kappa shape index (κ3) is 6.32. The summed E-state index contributed by atoms with van der Waals surface area (Å²) in [7, 11) is 0. The van der Waals surface area contributed by atoms with E-state index in [9.17, 15) is 4.39 Å². The van der Waals surface area contributed by atoms with Crippen molar-refractivity contribution in [2.24, 2.45) is 11.8 Å². The molecule has 3 nitrogen and oxygen atoms in total. The third-order valence-corrected chi connectivity index (χ3v) is 5.71. The van der Waals surface area contributed by atoms with Gasteiger partial charge in [0.15, 0.2) is 0 Å². The quantitative estimate of drug-likeness (QED) is 0.711. The minimum absolute atomic E-state index is 0.309. The SMILES string of the molecule is CC(C)C[C@@H](F)C1CCN(CCN2CCN(C(C)C)CC2)CC1. The predicted molar refractivity (Wildman–Crippen MR) is 96.7 cm³/mol. The maximum Gasteiger partial charge on any atom is 0.103 e. The normalized spacial score (nSPS) is 24.7. The van der Waals surface area contributed by atoms with Crippen molar-refractivity contribution in [1.29, 1.82) is 0 Å². The predicted octanol–water partition coefficient (Wildman–Crippen LogP) is 3.11. The lowest BCUT2D eigenvalue weighted by atomic mass is 9.88. The van der Waals surface area contributed by atoms with Gasteiger partial charge in [0.25, 0.3) is 0 Å². The van der Waals surface area contributed by atoms with E-state index in [4.69, 9.17) is 0 Å². The number of nitrogens with zero attached hydrogens (tertiary/aromatic N) is 3. The van der Waals surface area contributed by atoms with Gasteiger partial charge in [0, 0.05) is 45.3 Å². The maximum atomic E-state index is 14.2. The number of hydrogen-bond donors (Lipinski definition) is 0. The van der Waals surface area contributed by atoms with Crippen LogP contribution in [0.15, 0.2) is 0 Å². The molecular formula is C19H38FN3. The van der Waals surface area contributed by atoms with Crippen LogP contribution in [0.2, 0.25) is 0 Å². The van der Waals surface area contributed by atoms with Crippen molar-refractivity contribution in [2.75, 3.05) is 52.4 Å². The van der Waals surface area contributed by atoms with Crippen LogP contribution in [-0.4, -0.2) is 79.3 Å². The molecule has 23 heavy (non-hydrogen) atoms. The van der Waals surface area contributed by atoms with E-state index in [0.717, 1.165) is 38.9 Å². The number of piperidine rings is 1. The van der Waals surface area contributed by atoms with Crippen LogP contribution in [0, 0.1) is 11.8 Å². The van der Waals surface area contributed by atoms with Crippen molar-refractivity contribution in [3.63, 3.8) is 0 Å². The van der Waals surface area contributed by atoms with Crippen LogP contribution in [0.4, 0.5) is 4.39 Å². The van der Waals surface area contributed by atoms with Gasteiger partial charge in [-0.25, -0.2) is 4.39 Å². The van der Waals surface area contributed by atoms with Gasteiger partial charge in [-0.05, 0) is 58.0 Å². The average molecular weight is 328 g/mol. The van der Waals surface area contributed by atoms with Gasteiger partial charge in [-0.2, -0.15) is 0 Å². The Labute approximate surface area is 143 Å². The molecule has 2 heterocycles. The van der Waals surface area contributed by atoms with Crippen LogP contribution in [0.25, 0.3) is 0 Å². The third-order valence-electron chi connectivity index (χ3n) is 5.71. The van der Waals surface area contributed by atoms with Crippen molar-refractivity contribution in [3.05, 3.63) is 0 Å². The molecule has 0 aliphatic carbocycles. The molecule has 2 aliphatic heterocycles. The van der Waals surface area contributed by atoms with Crippen molar-refractivity contribution in [2.45, 2.75) is 59.2 Å². The number of piperazine rings is 1. The molecule has 0 saturated carbocycles. The molecule has 0 amide bonds. The Bertz CT molecular complexity index is 319. The summed E-state index contributed by atoms with van der Waals surface area (Å²) in [6.07, 6.45) is 2.26. The molecule has 0 spiro atoms. The van der Waals surface area contributed by atoms with Crippen molar-refractivity contribution in [1.82, 2.24) is 14.7 Å². The topological polar surface area (TPSA) is 9.72 Å². The summed E-state index contributed by atoms with van der Waals surface area (Å²) in [5, 5.41) is 0. The minimum atomic E-state index is -0.582. The highest BCUT2D eigenvalue weighted by atomic mass is 19.1. The second-order valence-corrected chi connectivity index (χ2v) is 8.30. The molecule has 2 rings (SSSR count). The van der Waals surface area contributed by atoms with E-state index in [-0.39, 0.29) is 0 Å². The van der Waals surface area contributed by atoms with Gasteiger partial charge in [-0.1, -0.05) is 13.8 Å². The Hall–Kier alpha value is -0.190. The fourth-order valence-corrected chi connectivity index (χ4v) is 3.97. The lowest BCUT2D eigenvalue weighted by Gasteiger charge is -2.39. The second-order valence-electron chi connectivity index (χ2n) is 8.30. The van der Waals surface area contributed by atoms with Gasteiger partial charge in [0.1, 0.15) is 6.17 Å². The molecule has 0 N–H and O–H groups in total. The Morgan fingerprint density at radius 2 is 1.35 bits per heavy atom. The zero-order chi connectivity index (χ0) is 16.8. The molecule has 2 fully saturated rings.